The Morgan fingerprint density at radius 3 is 2.90 bits per heavy atom. The van der Waals surface area contributed by atoms with E-state index in [4.69, 9.17) is 0 Å². The molecule has 0 spiro atoms. The van der Waals surface area contributed by atoms with Crippen LogP contribution in [-0.4, -0.2) is 17.1 Å². The molecule has 0 atom stereocenters. The summed E-state index contributed by atoms with van der Waals surface area (Å²) in [5.74, 6) is -0.460. The number of amides is 1. The van der Waals surface area contributed by atoms with E-state index < -0.39 is 0 Å². The molecule has 1 saturated carbocycles. The smallest absolute Gasteiger partial charge is 0.264 e. The summed E-state index contributed by atoms with van der Waals surface area (Å²) in [5.41, 5.74) is 0.685. The summed E-state index contributed by atoms with van der Waals surface area (Å²) < 4.78 is 13.1. The van der Waals surface area contributed by atoms with Crippen molar-refractivity contribution in [1.29, 1.82) is 0 Å². The minimum Gasteiger partial charge on any atom is -0.301 e. The molecular weight excluding hydrogens is 275 g/mol. The van der Waals surface area contributed by atoms with Crippen molar-refractivity contribution in [3.63, 3.8) is 0 Å². The molecule has 1 saturated heterocycles. The standard InChI is InChI=1S/C15H15FN2OS/c16-11-5-3-4-10(8-11)9-13-14(19)18-15(20-13)17-12-6-1-2-7-12/h3-5,8-9,12H,1-2,6-7H2,(H,17,18,19). The molecule has 3 nitrogen and oxygen atoms in total. The van der Waals surface area contributed by atoms with E-state index in [-0.39, 0.29) is 11.7 Å². The van der Waals surface area contributed by atoms with Gasteiger partial charge in [-0.15, -0.1) is 0 Å². The molecular formula is C15H15FN2OS. The third kappa shape index (κ3) is 3.10. The second-order valence-electron chi connectivity index (χ2n) is 4.99. The molecule has 1 aromatic carbocycles. The zero-order valence-electron chi connectivity index (χ0n) is 10.9. The number of rotatable bonds is 2. The van der Waals surface area contributed by atoms with Gasteiger partial charge in [0.05, 0.1) is 10.9 Å². The van der Waals surface area contributed by atoms with Crippen molar-refractivity contribution in [1.82, 2.24) is 5.32 Å². The van der Waals surface area contributed by atoms with Crippen molar-refractivity contribution >= 4 is 28.9 Å². The summed E-state index contributed by atoms with van der Waals surface area (Å²) in [4.78, 5) is 17.0. The van der Waals surface area contributed by atoms with Crippen LogP contribution in [0.15, 0.2) is 34.2 Å². The Morgan fingerprint density at radius 2 is 2.15 bits per heavy atom. The zero-order chi connectivity index (χ0) is 13.9. The molecule has 1 heterocycles. The largest absolute Gasteiger partial charge is 0.301 e. The number of carbonyl (C=O) groups excluding carboxylic acids is 1. The molecule has 3 rings (SSSR count). The Labute approximate surface area is 121 Å². The molecule has 2 aliphatic rings. The lowest BCUT2D eigenvalue weighted by Crippen LogP contribution is -2.21. The molecule has 0 radical (unpaired) electrons. The first-order chi connectivity index (χ1) is 9.70. The van der Waals surface area contributed by atoms with Gasteiger partial charge in [0.25, 0.3) is 5.91 Å². The van der Waals surface area contributed by atoms with Crippen LogP contribution in [0.5, 0.6) is 0 Å². The van der Waals surface area contributed by atoms with Gasteiger partial charge >= 0.3 is 0 Å². The molecule has 1 N–H and O–H groups in total. The van der Waals surface area contributed by atoms with Crippen LogP contribution < -0.4 is 5.32 Å². The average Bonchev–Trinajstić information content (AvgIpc) is 3.01. The van der Waals surface area contributed by atoms with Crippen LogP contribution in [0.4, 0.5) is 4.39 Å². The normalized spacial score (nSPS) is 23.8. The highest BCUT2D eigenvalue weighted by molar-refractivity contribution is 8.18. The molecule has 1 aliphatic carbocycles. The maximum atomic E-state index is 13.1. The van der Waals surface area contributed by atoms with Gasteiger partial charge in [-0.2, -0.15) is 0 Å². The highest BCUT2D eigenvalue weighted by atomic mass is 32.2. The number of aliphatic imine (C=N–C) groups is 1. The quantitative estimate of drug-likeness (QED) is 0.849. The molecule has 0 unspecified atom stereocenters. The summed E-state index contributed by atoms with van der Waals surface area (Å²) >= 11 is 1.33. The van der Waals surface area contributed by atoms with Crippen LogP contribution in [0.25, 0.3) is 6.08 Å². The first-order valence-corrected chi connectivity index (χ1v) is 7.56. The van der Waals surface area contributed by atoms with Crippen molar-refractivity contribution in [2.24, 2.45) is 4.99 Å². The van der Waals surface area contributed by atoms with Crippen molar-refractivity contribution in [2.75, 3.05) is 0 Å². The maximum absolute atomic E-state index is 13.1. The number of carbonyl (C=O) groups is 1. The summed E-state index contributed by atoms with van der Waals surface area (Å²) in [6.07, 6.45) is 6.32. The number of thioether (sulfide) groups is 1. The summed E-state index contributed by atoms with van der Waals surface area (Å²) in [6, 6.07) is 6.54. The molecule has 104 valence electrons. The van der Waals surface area contributed by atoms with E-state index in [0.717, 1.165) is 12.8 Å². The second-order valence-corrected chi connectivity index (χ2v) is 6.02. The van der Waals surface area contributed by atoms with Gasteiger partial charge in [-0.1, -0.05) is 25.0 Å². The molecule has 0 aromatic heterocycles. The average molecular weight is 290 g/mol. The van der Waals surface area contributed by atoms with E-state index in [1.807, 2.05) is 0 Å². The zero-order valence-corrected chi connectivity index (χ0v) is 11.8. The lowest BCUT2D eigenvalue weighted by molar-refractivity contribution is -0.115. The Bertz CT molecular complexity index is 591. The fourth-order valence-electron chi connectivity index (χ4n) is 2.44. The van der Waals surface area contributed by atoms with Gasteiger partial charge in [0.2, 0.25) is 0 Å². The van der Waals surface area contributed by atoms with Crippen molar-refractivity contribution < 1.29 is 9.18 Å². The number of nitrogens with zero attached hydrogens (tertiary/aromatic N) is 1. The number of nitrogens with one attached hydrogen (secondary N) is 1. The van der Waals surface area contributed by atoms with Crippen molar-refractivity contribution in [3.8, 4) is 0 Å². The van der Waals surface area contributed by atoms with E-state index in [2.05, 4.69) is 10.3 Å². The van der Waals surface area contributed by atoms with Crippen molar-refractivity contribution in [3.05, 3.63) is 40.6 Å². The van der Waals surface area contributed by atoms with Gasteiger partial charge in [-0.3, -0.25) is 9.79 Å². The minimum absolute atomic E-state index is 0.156. The van der Waals surface area contributed by atoms with Crippen LogP contribution in [0, 0.1) is 5.82 Å². The van der Waals surface area contributed by atoms with Crippen LogP contribution in [0.3, 0.4) is 0 Å². The number of hydrogen-bond donors (Lipinski definition) is 1. The van der Waals surface area contributed by atoms with E-state index in [9.17, 15) is 9.18 Å². The van der Waals surface area contributed by atoms with Gasteiger partial charge < -0.3 is 5.32 Å². The topological polar surface area (TPSA) is 41.5 Å². The van der Waals surface area contributed by atoms with Crippen LogP contribution in [-0.2, 0) is 4.79 Å². The Balaban J connectivity index is 1.76. The molecule has 1 aliphatic heterocycles. The van der Waals surface area contributed by atoms with E-state index >= 15 is 0 Å². The lowest BCUT2D eigenvalue weighted by atomic mass is 10.2. The molecule has 1 aromatic rings. The Kier molecular flexibility index (Phi) is 3.87. The lowest BCUT2D eigenvalue weighted by Gasteiger charge is -2.02. The van der Waals surface area contributed by atoms with Crippen LogP contribution in [0.1, 0.15) is 31.2 Å². The molecule has 2 fully saturated rings. The number of hydrogen-bond acceptors (Lipinski definition) is 3. The van der Waals surface area contributed by atoms with E-state index in [1.54, 1.807) is 18.2 Å². The predicted octanol–water partition coefficient (Wildman–Crippen LogP) is 3.33. The number of amidine groups is 1. The third-order valence-electron chi connectivity index (χ3n) is 3.42. The van der Waals surface area contributed by atoms with Gasteiger partial charge in [-0.25, -0.2) is 4.39 Å². The fraction of sp³-hybridized carbons (Fsp3) is 0.333. The molecule has 1 amide bonds. The first kappa shape index (κ1) is 13.4. The second kappa shape index (κ2) is 5.79. The van der Waals surface area contributed by atoms with Gasteiger partial charge in [0.15, 0.2) is 5.17 Å². The van der Waals surface area contributed by atoms with Gasteiger partial charge in [0, 0.05) is 0 Å². The summed E-state index contributed by atoms with van der Waals surface area (Å²) in [7, 11) is 0. The molecule has 5 heteroatoms. The molecule has 0 bridgehead atoms. The van der Waals surface area contributed by atoms with E-state index in [1.165, 1.54) is 36.7 Å². The predicted molar refractivity (Wildman–Crippen MR) is 79.8 cm³/mol. The number of benzene rings is 1. The highest BCUT2D eigenvalue weighted by Crippen LogP contribution is 2.29. The highest BCUT2D eigenvalue weighted by Gasteiger charge is 2.25. The van der Waals surface area contributed by atoms with Crippen LogP contribution in [0.2, 0.25) is 0 Å². The van der Waals surface area contributed by atoms with Crippen molar-refractivity contribution in [2.45, 2.75) is 31.7 Å². The third-order valence-corrected chi connectivity index (χ3v) is 4.35. The number of halogens is 1. The summed E-state index contributed by atoms with van der Waals surface area (Å²) in [5, 5.41) is 3.45. The van der Waals surface area contributed by atoms with E-state index in [0.29, 0.717) is 21.7 Å². The first-order valence-electron chi connectivity index (χ1n) is 6.75. The fourth-order valence-corrected chi connectivity index (χ4v) is 3.33. The minimum atomic E-state index is -0.303. The summed E-state index contributed by atoms with van der Waals surface area (Å²) in [6.45, 7) is 0. The monoisotopic (exact) mass is 290 g/mol. The Hall–Kier alpha value is -1.62. The van der Waals surface area contributed by atoms with Crippen LogP contribution >= 0.6 is 11.8 Å². The molecule has 20 heavy (non-hydrogen) atoms. The van der Waals surface area contributed by atoms with Gasteiger partial charge in [-0.05, 0) is 48.4 Å². The maximum Gasteiger partial charge on any atom is 0.264 e. The Morgan fingerprint density at radius 1 is 1.35 bits per heavy atom. The SMILES string of the molecule is O=C1NC(=NC2CCCC2)SC1=Cc1cccc(F)c1. The van der Waals surface area contributed by atoms with Gasteiger partial charge in [0.1, 0.15) is 5.82 Å².